The number of nitrogens with two attached hydrogens (primary N) is 2. The zero-order valence-electron chi connectivity index (χ0n) is 14.1. The third-order valence-corrected chi connectivity index (χ3v) is 5.15. The lowest BCUT2D eigenvalue weighted by molar-refractivity contribution is -0.119. The molecule has 0 spiro atoms. The van der Waals surface area contributed by atoms with Gasteiger partial charge in [0, 0.05) is 17.6 Å². The Labute approximate surface area is 154 Å². The molecule has 0 saturated heterocycles. The number of halogens is 1. The van der Waals surface area contributed by atoms with Gasteiger partial charge in [-0.05, 0) is 55.7 Å². The van der Waals surface area contributed by atoms with Crippen LogP contribution in [-0.4, -0.2) is 30.5 Å². The Morgan fingerprint density at radius 1 is 1.20 bits per heavy atom. The topological polar surface area (TPSA) is 107 Å². The average molecular weight is 368 g/mol. The number of amides is 2. The van der Waals surface area contributed by atoms with Gasteiger partial charge in [-0.3, -0.25) is 9.59 Å². The van der Waals surface area contributed by atoms with E-state index in [2.05, 4.69) is 5.32 Å². The number of rotatable bonds is 5. The first kappa shape index (κ1) is 19.5. The maximum absolute atomic E-state index is 12.6. The fourth-order valence-corrected chi connectivity index (χ4v) is 4.14. The molecule has 1 aromatic carbocycles. The van der Waals surface area contributed by atoms with Crippen LogP contribution in [0.1, 0.15) is 42.5 Å². The molecule has 5 N–H and O–H groups in total. The van der Waals surface area contributed by atoms with E-state index in [0.29, 0.717) is 23.1 Å². The van der Waals surface area contributed by atoms with Gasteiger partial charge in [-0.25, -0.2) is 0 Å². The van der Waals surface area contributed by atoms with E-state index in [1.165, 1.54) is 6.42 Å². The fourth-order valence-electron chi connectivity index (χ4n) is 4.14. The quantitative estimate of drug-likeness (QED) is 0.734. The number of carbonyl (C=O) groups is 2. The van der Waals surface area contributed by atoms with Gasteiger partial charge in [0.15, 0.2) is 6.61 Å². The monoisotopic (exact) mass is 367 g/mol. The van der Waals surface area contributed by atoms with Crippen molar-refractivity contribution in [1.82, 2.24) is 5.32 Å². The second-order valence-corrected chi connectivity index (χ2v) is 6.96. The summed E-state index contributed by atoms with van der Waals surface area (Å²) in [6.07, 6.45) is 5.48. The van der Waals surface area contributed by atoms with Gasteiger partial charge in [0.05, 0.1) is 0 Å². The number of carbonyl (C=O) groups excluding carboxylic acids is 2. The molecule has 1 aromatic rings. The summed E-state index contributed by atoms with van der Waals surface area (Å²) in [5.41, 5.74) is 11.7. The van der Waals surface area contributed by atoms with Crippen molar-refractivity contribution in [2.75, 3.05) is 6.61 Å². The van der Waals surface area contributed by atoms with Crippen LogP contribution in [0.4, 0.5) is 0 Å². The van der Waals surface area contributed by atoms with E-state index in [1.807, 2.05) is 0 Å². The molecule has 6 nitrogen and oxygen atoms in total. The Morgan fingerprint density at radius 3 is 2.52 bits per heavy atom. The van der Waals surface area contributed by atoms with Crippen molar-refractivity contribution >= 4 is 24.2 Å². The van der Waals surface area contributed by atoms with Crippen LogP contribution >= 0.6 is 12.4 Å². The second kappa shape index (κ2) is 8.54. The normalized spacial score (nSPS) is 27.7. The number of nitrogens with one attached hydrogen (secondary N) is 1. The summed E-state index contributed by atoms with van der Waals surface area (Å²) in [5.74, 6) is 0.775. The lowest BCUT2D eigenvalue weighted by Gasteiger charge is -2.45. The number of fused-ring (bicyclic) bond motifs is 2. The first-order chi connectivity index (χ1) is 11.5. The minimum atomic E-state index is -0.545. The second-order valence-electron chi connectivity index (χ2n) is 6.96. The van der Waals surface area contributed by atoms with Crippen molar-refractivity contribution in [2.45, 2.75) is 44.2 Å². The van der Waals surface area contributed by atoms with E-state index in [-0.39, 0.29) is 37.0 Å². The van der Waals surface area contributed by atoms with Gasteiger partial charge in [-0.15, -0.1) is 12.4 Å². The van der Waals surface area contributed by atoms with Crippen LogP contribution in [-0.2, 0) is 4.79 Å². The summed E-state index contributed by atoms with van der Waals surface area (Å²) in [6.45, 7) is -0.199. The van der Waals surface area contributed by atoms with Crippen molar-refractivity contribution in [1.29, 1.82) is 0 Å². The van der Waals surface area contributed by atoms with Gasteiger partial charge in [0.25, 0.3) is 11.8 Å². The summed E-state index contributed by atoms with van der Waals surface area (Å²) in [7, 11) is 0. The zero-order chi connectivity index (χ0) is 17.1. The molecule has 0 heterocycles. The molecule has 2 saturated carbocycles. The molecule has 0 radical (unpaired) electrons. The largest absolute Gasteiger partial charge is 0.484 e. The molecule has 2 amide bonds. The molecule has 138 valence electrons. The molecular weight excluding hydrogens is 342 g/mol. The lowest BCUT2D eigenvalue weighted by Crippen LogP contribution is -2.53. The number of hydrogen-bond donors (Lipinski definition) is 3. The van der Waals surface area contributed by atoms with Gasteiger partial charge < -0.3 is 21.5 Å². The molecule has 0 aromatic heterocycles. The number of hydrogen-bond acceptors (Lipinski definition) is 4. The number of primary amides is 1. The summed E-state index contributed by atoms with van der Waals surface area (Å²) in [6, 6.07) is 7.30. The SMILES string of the molecule is Cl.NC(=O)COc1cccc(C(=O)NC2C3CCCC2CC(N)C3)c1. The molecule has 2 aliphatic rings. The van der Waals surface area contributed by atoms with Gasteiger partial charge in [0.1, 0.15) is 5.75 Å². The van der Waals surface area contributed by atoms with Crippen LogP contribution in [0.2, 0.25) is 0 Å². The van der Waals surface area contributed by atoms with E-state index in [0.717, 1.165) is 25.7 Å². The maximum Gasteiger partial charge on any atom is 0.255 e. The fraction of sp³-hybridized carbons (Fsp3) is 0.556. The summed E-state index contributed by atoms with van der Waals surface area (Å²) in [4.78, 5) is 23.4. The van der Waals surface area contributed by atoms with E-state index >= 15 is 0 Å². The van der Waals surface area contributed by atoms with Crippen LogP contribution < -0.4 is 21.5 Å². The van der Waals surface area contributed by atoms with Crippen molar-refractivity contribution < 1.29 is 14.3 Å². The Morgan fingerprint density at radius 2 is 1.88 bits per heavy atom. The molecule has 2 aliphatic carbocycles. The third kappa shape index (κ3) is 4.86. The van der Waals surface area contributed by atoms with Crippen LogP contribution in [0, 0.1) is 11.8 Å². The molecule has 7 heteroatoms. The van der Waals surface area contributed by atoms with Crippen molar-refractivity contribution in [2.24, 2.45) is 23.3 Å². The maximum atomic E-state index is 12.6. The molecule has 2 atom stereocenters. The predicted molar refractivity (Wildman–Crippen MR) is 97.7 cm³/mol. The highest BCUT2D eigenvalue weighted by Crippen LogP contribution is 2.39. The smallest absolute Gasteiger partial charge is 0.255 e. The van der Waals surface area contributed by atoms with E-state index in [9.17, 15) is 9.59 Å². The van der Waals surface area contributed by atoms with Gasteiger partial charge >= 0.3 is 0 Å². The highest BCUT2D eigenvalue weighted by Gasteiger charge is 2.39. The molecule has 25 heavy (non-hydrogen) atoms. The summed E-state index contributed by atoms with van der Waals surface area (Å²) in [5, 5.41) is 3.21. The first-order valence-electron chi connectivity index (χ1n) is 8.60. The van der Waals surface area contributed by atoms with Gasteiger partial charge in [-0.1, -0.05) is 12.5 Å². The lowest BCUT2D eigenvalue weighted by atomic mass is 9.67. The number of benzene rings is 1. The minimum absolute atomic E-state index is 0. The minimum Gasteiger partial charge on any atom is -0.484 e. The summed E-state index contributed by atoms with van der Waals surface area (Å²) < 4.78 is 5.27. The van der Waals surface area contributed by atoms with Crippen LogP contribution in [0.25, 0.3) is 0 Å². The third-order valence-electron chi connectivity index (χ3n) is 5.15. The van der Waals surface area contributed by atoms with E-state index < -0.39 is 5.91 Å². The standard InChI is InChI=1S/C18H25N3O3.ClH/c19-14-7-11-3-1-4-12(8-14)17(11)21-18(23)13-5-2-6-15(9-13)24-10-16(20)22;/h2,5-6,9,11-12,14,17H,1,3-4,7-8,10,19H2,(H2,20,22)(H,21,23);1H. The molecule has 2 bridgehead atoms. The average Bonchev–Trinajstić information content (AvgIpc) is 2.54. The van der Waals surface area contributed by atoms with Crippen LogP contribution in [0.15, 0.2) is 24.3 Å². The molecule has 2 unspecified atom stereocenters. The highest BCUT2D eigenvalue weighted by atomic mass is 35.5. The van der Waals surface area contributed by atoms with Crippen molar-refractivity contribution in [3.63, 3.8) is 0 Å². The van der Waals surface area contributed by atoms with Crippen LogP contribution in [0.3, 0.4) is 0 Å². The van der Waals surface area contributed by atoms with Crippen molar-refractivity contribution in [3.05, 3.63) is 29.8 Å². The van der Waals surface area contributed by atoms with Gasteiger partial charge in [0.2, 0.25) is 0 Å². The Balaban J connectivity index is 0.00000225. The number of ether oxygens (including phenoxy) is 1. The first-order valence-corrected chi connectivity index (χ1v) is 8.60. The van der Waals surface area contributed by atoms with Crippen molar-refractivity contribution in [3.8, 4) is 5.75 Å². The molecule has 2 fully saturated rings. The summed E-state index contributed by atoms with van der Waals surface area (Å²) >= 11 is 0. The van der Waals surface area contributed by atoms with Crippen LogP contribution in [0.5, 0.6) is 5.75 Å². The molecular formula is C18H26ClN3O3. The predicted octanol–water partition coefficient (Wildman–Crippen LogP) is 1.61. The molecule has 3 rings (SSSR count). The highest BCUT2D eigenvalue weighted by molar-refractivity contribution is 5.94. The van der Waals surface area contributed by atoms with E-state index in [4.69, 9.17) is 16.2 Å². The Hall–Kier alpha value is -1.79. The Kier molecular flexibility index (Phi) is 6.67. The van der Waals surface area contributed by atoms with Gasteiger partial charge in [-0.2, -0.15) is 0 Å². The zero-order valence-corrected chi connectivity index (χ0v) is 15.0. The van der Waals surface area contributed by atoms with E-state index in [1.54, 1.807) is 24.3 Å². The molecule has 0 aliphatic heterocycles. The Bertz CT molecular complexity index is 611.